The zero-order chi connectivity index (χ0) is 27.4. The summed E-state index contributed by atoms with van der Waals surface area (Å²) in [5, 5.41) is 1.46. The molecule has 0 spiro atoms. The van der Waals surface area contributed by atoms with E-state index in [4.69, 9.17) is 27.9 Å². The molecule has 0 radical (unpaired) electrons. The molecule has 2 fully saturated rings. The summed E-state index contributed by atoms with van der Waals surface area (Å²) in [6.45, 7) is 8.46. The molecule has 1 amide bonds. The van der Waals surface area contributed by atoms with E-state index in [1.165, 1.54) is 5.69 Å². The molecule has 2 aliphatic rings. The third-order valence-corrected chi connectivity index (χ3v) is 8.87. The van der Waals surface area contributed by atoms with Gasteiger partial charge in [0.25, 0.3) is 0 Å². The van der Waals surface area contributed by atoms with Crippen molar-refractivity contribution in [3.05, 3.63) is 82.1 Å². The molecule has 2 aliphatic heterocycles. The molecular weight excluding hydrogens is 531 g/mol. The number of likely N-dealkylation sites (tertiary alicyclic amines) is 1. The van der Waals surface area contributed by atoms with Gasteiger partial charge in [-0.25, -0.2) is 0 Å². The van der Waals surface area contributed by atoms with Crippen LogP contribution in [0.2, 0.25) is 10.0 Å². The van der Waals surface area contributed by atoms with E-state index in [2.05, 4.69) is 39.7 Å². The van der Waals surface area contributed by atoms with Gasteiger partial charge >= 0.3 is 0 Å². The van der Waals surface area contributed by atoms with Crippen molar-refractivity contribution in [3.63, 3.8) is 0 Å². The summed E-state index contributed by atoms with van der Waals surface area (Å²) in [6.07, 6.45) is 4.54. The zero-order valence-corrected chi connectivity index (χ0v) is 24.4. The van der Waals surface area contributed by atoms with Crippen LogP contribution in [0.5, 0.6) is 5.75 Å². The van der Waals surface area contributed by atoms with Gasteiger partial charge in [0.1, 0.15) is 5.75 Å². The Balaban J connectivity index is 1.35. The molecule has 2 aromatic carbocycles. The van der Waals surface area contributed by atoms with Gasteiger partial charge in [-0.3, -0.25) is 9.69 Å². The molecule has 208 valence electrons. The van der Waals surface area contributed by atoms with E-state index in [0.717, 1.165) is 85.7 Å². The van der Waals surface area contributed by atoms with Crippen LogP contribution < -0.4 is 4.74 Å². The van der Waals surface area contributed by atoms with Crippen LogP contribution in [0.1, 0.15) is 30.5 Å². The first-order valence-electron chi connectivity index (χ1n) is 13.8. The molecular formula is C31H38Cl2N4O2. The van der Waals surface area contributed by atoms with Gasteiger partial charge in [0, 0.05) is 68.0 Å². The fourth-order valence-electron chi connectivity index (χ4n) is 5.85. The average Bonchev–Trinajstić information content (AvgIpc) is 3.38. The topological polar surface area (TPSA) is 41.0 Å². The van der Waals surface area contributed by atoms with Crippen molar-refractivity contribution in [2.75, 3.05) is 52.9 Å². The Kier molecular flexibility index (Phi) is 8.87. The molecule has 0 aliphatic carbocycles. The first kappa shape index (κ1) is 28.0. The highest BCUT2D eigenvalue weighted by Crippen LogP contribution is 2.37. The number of piperazine rings is 1. The summed E-state index contributed by atoms with van der Waals surface area (Å²) in [7, 11) is 2.11. The van der Waals surface area contributed by atoms with Crippen LogP contribution in [-0.4, -0.2) is 78.1 Å². The SMILES string of the molecule is Cc1cc(OC[C@]2(CC(=O)N3CCN(C)CC3)CCCN(Cc3cccn3-c3ccccc3Cl)C2)ccc1Cl. The number of hydrogen-bond donors (Lipinski definition) is 0. The number of hydrogen-bond acceptors (Lipinski definition) is 4. The molecule has 0 saturated carbocycles. The standard InChI is InChI=1S/C31H38Cl2N4O2/c1-24-19-26(10-11-27(24)32)39-23-31(20-30(38)36-17-15-34(2)16-18-36)12-6-13-35(22-31)21-25-7-5-14-37(25)29-9-4-3-8-28(29)33/h3-5,7-11,14,19H,6,12-13,15-18,20-23H2,1-2H3/t31-/m0/s1. The van der Waals surface area contributed by atoms with E-state index in [9.17, 15) is 4.79 Å². The van der Waals surface area contributed by atoms with E-state index >= 15 is 0 Å². The van der Waals surface area contributed by atoms with Gasteiger partial charge in [0.05, 0.1) is 17.3 Å². The fourth-order valence-corrected chi connectivity index (χ4v) is 6.19. The number of carbonyl (C=O) groups excluding carboxylic acids is 1. The summed E-state index contributed by atoms with van der Waals surface area (Å²) >= 11 is 12.8. The monoisotopic (exact) mass is 568 g/mol. The third-order valence-electron chi connectivity index (χ3n) is 8.13. The minimum Gasteiger partial charge on any atom is -0.493 e. The average molecular weight is 570 g/mol. The van der Waals surface area contributed by atoms with Gasteiger partial charge in [-0.1, -0.05) is 35.3 Å². The second kappa shape index (κ2) is 12.3. The molecule has 1 aromatic heterocycles. The number of piperidine rings is 1. The first-order chi connectivity index (χ1) is 18.8. The first-order valence-corrected chi connectivity index (χ1v) is 14.6. The van der Waals surface area contributed by atoms with Gasteiger partial charge in [0.2, 0.25) is 5.91 Å². The van der Waals surface area contributed by atoms with E-state index in [1.807, 2.05) is 54.3 Å². The van der Waals surface area contributed by atoms with Crippen molar-refractivity contribution in [1.29, 1.82) is 0 Å². The maximum atomic E-state index is 13.6. The summed E-state index contributed by atoms with van der Waals surface area (Å²) < 4.78 is 8.56. The van der Waals surface area contributed by atoms with Crippen molar-refractivity contribution >= 4 is 29.1 Å². The quantitative estimate of drug-likeness (QED) is 0.338. The Labute approximate surface area is 242 Å². The predicted molar refractivity (Wildman–Crippen MR) is 158 cm³/mol. The molecule has 1 atom stereocenters. The number of amides is 1. The number of halogens is 2. The molecule has 39 heavy (non-hydrogen) atoms. The number of benzene rings is 2. The Morgan fingerprint density at radius 1 is 0.974 bits per heavy atom. The van der Waals surface area contributed by atoms with Gasteiger partial charge in [-0.2, -0.15) is 0 Å². The van der Waals surface area contributed by atoms with Crippen molar-refractivity contribution in [2.45, 2.75) is 32.7 Å². The van der Waals surface area contributed by atoms with Gasteiger partial charge in [0.15, 0.2) is 0 Å². The van der Waals surface area contributed by atoms with Gasteiger partial charge in [-0.15, -0.1) is 0 Å². The fraction of sp³-hybridized carbons (Fsp3) is 0.452. The lowest BCUT2D eigenvalue weighted by Gasteiger charge is -2.43. The maximum absolute atomic E-state index is 13.6. The van der Waals surface area contributed by atoms with Crippen molar-refractivity contribution < 1.29 is 9.53 Å². The molecule has 8 heteroatoms. The highest BCUT2D eigenvalue weighted by atomic mass is 35.5. The highest BCUT2D eigenvalue weighted by Gasteiger charge is 2.40. The molecule has 3 heterocycles. The van der Waals surface area contributed by atoms with Crippen molar-refractivity contribution in [2.24, 2.45) is 5.41 Å². The zero-order valence-electron chi connectivity index (χ0n) is 22.9. The van der Waals surface area contributed by atoms with E-state index in [-0.39, 0.29) is 11.3 Å². The normalized spacial score (nSPS) is 20.8. The van der Waals surface area contributed by atoms with Gasteiger partial charge in [-0.05, 0) is 81.4 Å². The number of aromatic nitrogens is 1. The van der Waals surface area contributed by atoms with Crippen LogP contribution in [0.15, 0.2) is 60.8 Å². The van der Waals surface area contributed by atoms with Crippen LogP contribution >= 0.6 is 23.2 Å². The van der Waals surface area contributed by atoms with Crippen LogP contribution in [0.3, 0.4) is 0 Å². The highest BCUT2D eigenvalue weighted by molar-refractivity contribution is 6.32. The lowest BCUT2D eigenvalue weighted by Crippen LogP contribution is -2.52. The molecule has 3 aromatic rings. The van der Waals surface area contributed by atoms with Crippen LogP contribution in [0.25, 0.3) is 5.69 Å². The van der Waals surface area contributed by atoms with E-state index in [0.29, 0.717) is 13.0 Å². The predicted octanol–water partition coefficient (Wildman–Crippen LogP) is 5.92. The number of para-hydroxylation sites is 1. The Hall–Kier alpha value is -2.51. The second-order valence-corrected chi connectivity index (χ2v) is 12.0. The van der Waals surface area contributed by atoms with Crippen LogP contribution in [0.4, 0.5) is 0 Å². The lowest BCUT2D eigenvalue weighted by atomic mass is 9.77. The van der Waals surface area contributed by atoms with Crippen molar-refractivity contribution in [3.8, 4) is 11.4 Å². The molecule has 0 N–H and O–H groups in total. The molecule has 6 nitrogen and oxygen atoms in total. The van der Waals surface area contributed by atoms with Crippen LogP contribution in [0, 0.1) is 12.3 Å². The largest absolute Gasteiger partial charge is 0.493 e. The summed E-state index contributed by atoms with van der Waals surface area (Å²) in [5.41, 5.74) is 2.88. The molecule has 0 unspecified atom stereocenters. The van der Waals surface area contributed by atoms with Crippen molar-refractivity contribution in [1.82, 2.24) is 19.3 Å². The third kappa shape index (κ3) is 6.80. The number of nitrogens with zero attached hydrogens (tertiary/aromatic N) is 4. The number of ether oxygens (including phenoxy) is 1. The Morgan fingerprint density at radius 3 is 2.54 bits per heavy atom. The number of rotatable bonds is 8. The second-order valence-electron chi connectivity index (χ2n) is 11.2. The molecule has 2 saturated heterocycles. The minimum atomic E-state index is -0.270. The minimum absolute atomic E-state index is 0.236. The number of likely N-dealkylation sites (N-methyl/N-ethyl adjacent to an activating group) is 1. The smallest absolute Gasteiger partial charge is 0.223 e. The number of aryl methyl sites for hydroxylation is 1. The van der Waals surface area contributed by atoms with Crippen LogP contribution in [-0.2, 0) is 11.3 Å². The summed E-state index contributed by atoms with van der Waals surface area (Å²) in [5.74, 6) is 1.04. The van der Waals surface area contributed by atoms with E-state index < -0.39 is 0 Å². The summed E-state index contributed by atoms with van der Waals surface area (Å²) in [6, 6.07) is 17.9. The lowest BCUT2D eigenvalue weighted by molar-refractivity contribution is -0.137. The summed E-state index contributed by atoms with van der Waals surface area (Å²) in [4.78, 5) is 20.4. The molecule has 5 rings (SSSR count). The number of carbonyl (C=O) groups is 1. The molecule has 0 bridgehead atoms. The maximum Gasteiger partial charge on any atom is 0.223 e. The van der Waals surface area contributed by atoms with Gasteiger partial charge < -0.3 is 19.1 Å². The Morgan fingerprint density at radius 2 is 1.77 bits per heavy atom. The Bertz CT molecular complexity index is 1290. The van der Waals surface area contributed by atoms with E-state index in [1.54, 1.807) is 0 Å².